The lowest BCUT2D eigenvalue weighted by atomic mass is 10.1. The normalized spacial score (nSPS) is 10.5. The fraction of sp³-hybridized carbons (Fsp3) is 0.0455. The average molecular weight is 368 g/mol. The molecule has 0 aliphatic heterocycles. The maximum absolute atomic E-state index is 9.07. The minimum atomic E-state index is 0.621. The van der Waals surface area contributed by atoms with Gasteiger partial charge in [0.2, 0.25) is 0 Å². The molecule has 0 saturated heterocycles. The van der Waals surface area contributed by atoms with Gasteiger partial charge in [-0.1, -0.05) is 48.5 Å². The maximum atomic E-state index is 9.07. The van der Waals surface area contributed by atoms with Gasteiger partial charge in [0.25, 0.3) is 0 Å². The lowest BCUT2D eigenvalue weighted by Gasteiger charge is -2.02. The van der Waals surface area contributed by atoms with Crippen LogP contribution in [0.5, 0.6) is 0 Å². The van der Waals surface area contributed by atoms with Crippen molar-refractivity contribution in [2.45, 2.75) is 10.8 Å². The first-order valence-electron chi connectivity index (χ1n) is 8.52. The van der Waals surface area contributed by atoms with Crippen LogP contribution in [-0.2, 0) is 5.75 Å². The van der Waals surface area contributed by atoms with Crippen LogP contribution >= 0.6 is 11.8 Å². The fourth-order valence-corrected chi connectivity index (χ4v) is 3.64. The van der Waals surface area contributed by atoms with Crippen molar-refractivity contribution in [3.05, 3.63) is 96.3 Å². The van der Waals surface area contributed by atoms with Gasteiger partial charge < -0.3 is 0 Å². The van der Waals surface area contributed by atoms with Crippen LogP contribution in [0.15, 0.2) is 90.2 Å². The second kappa shape index (κ2) is 7.90. The molecule has 4 aromatic rings. The van der Waals surface area contributed by atoms with Crippen molar-refractivity contribution in [2.24, 2.45) is 0 Å². The molecule has 0 bridgehead atoms. The molecule has 0 aliphatic rings. The highest BCUT2D eigenvalue weighted by atomic mass is 32.2. The second-order valence-electron chi connectivity index (χ2n) is 5.93. The first-order chi connectivity index (χ1) is 13.3. The summed E-state index contributed by atoms with van der Waals surface area (Å²) in [6, 6.07) is 26.0. The van der Waals surface area contributed by atoms with E-state index in [-0.39, 0.29) is 0 Å². The molecule has 0 atom stereocenters. The highest BCUT2D eigenvalue weighted by Gasteiger charge is 2.13. The maximum Gasteiger partial charge on any atom is 0.0993 e. The van der Waals surface area contributed by atoms with Crippen LogP contribution in [0.3, 0.4) is 0 Å². The Hall–Kier alpha value is -3.36. The zero-order chi connectivity index (χ0) is 18.5. The topological polar surface area (TPSA) is 54.5 Å². The van der Waals surface area contributed by atoms with Gasteiger partial charge in [-0.05, 0) is 24.3 Å². The van der Waals surface area contributed by atoms with Crippen molar-refractivity contribution in [3.63, 3.8) is 0 Å². The summed E-state index contributed by atoms with van der Waals surface area (Å²) >= 11 is 1.60. The summed E-state index contributed by atoms with van der Waals surface area (Å²) < 4.78 is 1.91. The van der Waals surface area contributed by atoms with E-state index in [1.54, 1.807) is 24.0 Å². The van der Waals surface area contributed by atoms with E-state index in [0.29, 0.717) is 5.56 Å². The zero-order valence-corrected chi connectivity index (χ0v) is 15.3. The number of nitriles is 1. The van der Waals surface area contributed by atoms with Crippen molar-refractivity contribution in [1.29, 1.82) is 5.26 Å². The summed E-state index contributed by atoms with van der Waals surface area (Å²) in [5, 5.41) is 14.7. The number of rotatable bonds is 5. The lowest BCUT2D eigenvalue weighted by molar-refractivity contribution is 0.884. The van der Waals surface area contributed by atoms with Crippen LogP contribution in [0, 0.1) is 11.3 Å². The first kappa shape index (κ1) is 17.1. The van der Waals surface area contributed by atoms with E-state index in [4.69, 9.17) is 10.4 Å². The van der Waals surface area contributed by atoms with Gasteiger partial charge >= 0.3 is 0 Å². The van der Waals surface area contributed by atoms with E-state index >= 15 is 0 Å². The Morgan fingerprint density at radius 1 is 0.963 bits per heavy atom. The van der Waals surface area contributed by atoms with Crippen molar-refractivity contribution in [2.75, 3.05) is 0 Å². The number of nitrogens with zero attached hydrogens (tertiary/aromatic N) is 4. The minimum Gasteiger partial charge on any atom is -0.250 e. The Balaban J connectivity index is 1.68. The molecule has 0 unspecified atom stereocenters. The van der Waals surface area contributed by atoms with E-state index in [1.807, 2.05) is 59.3 Å². The third-order valence-electron chi connectivity index (χ3n) is 4.10. The largest absolute Gasteiger partial charge is 0.250 e. The second-order valence-corrected chi connectivity index (χ2v) is 6.93. The molecule has 2 aromatic carbocycles. The van der Waals surface area contributed by atoms with E-state index < -0.39 is 0 Å². The Bertz CT molecular complexity index is 1080. The third kappa shape index (κ3) is 3.91. The van der Waals surface area contributed by atoms with Gasteiger partial charge in [0.05, 0.1) is 28.0 Å². The predicted molar refractivity (Wildman–Crippen MR) is 108 cm³/mol. The number of aromatic nitrogens is 3. The van der Waals surface area contributed by atoms with Crippen molar-refractivity contribution >= 4 is 11.8 Å². The van der Waals surface area contributed by atoms with Gasteiger partial charge in [-0.15, -0.1) is 11.8 Å². The lowest BCUT2D eigenvalue weighted by Crippen LogP contribution is -1.93. The van der Waals surface area contributed by atoms with Crippen molar-refractivity contribution < 1.29 is 0 Å². The van der Waals surface area contributed by atoms with Crippen LogP contribution in [-0.4, -0.2) is 14.8 Å². The number of para-hydroxylation sites is 1. The molecule has 0 fully saturated rings. The molecule has 0 saturated carbocycles. The Morgan fingerprint density at radius 2 is 1.70 bits per heavy atom. The summed E-state index contributed by atoms with van der Waals surface area (Å²) in [4.78, 5) is 4.35. The quantitative estimate of drug-likeness (QED) is 0.460. The highest BCUT2D eigenvalue weighted by Crippen LogP contribution is 2.29. The zero-order valence-electron chi connectivity index (χ0n) is 14.5. The fourth-order valence-electron chi connectivity index (χ4n) is 2.78. The summed E-state index contributed by atoms with van der Waals surface area (Å²) in [5.74, 6) is 0.721. The molecular weight excluding hydrogens is 352 g/mol. The number of hydrogen-bond acceptors (Lipinski definition) is 4. The summed E-state index contributed by atoms with van der Waals surface area (Å²) in [6.07, 6.45) is 3.74. The van der Waals surface area contributed by atoms with Gasteiger partial charge in [0, 0.05) is 29.3 Å². The molecule has 0 spiro atoms. The molecule has 0 radical (unpaired) electrons. The summed E-state index contributed by atoms with van der Waals surface area (Å²) in [6.45, 7) is 0. The molecule has 0 aliphatic carbocycles. The SMILES string of the molecule is N#Cc1ccnc(SCc2cn(-c3ccccc3)nc2-c2ccccc2)c1. The smallest absolute Gasteiger partial charge is 0.0993 e. The van der Waals surface area contributed by atoms with Crippen molar-refractivity contribution in [3.8, 4) is 23.0 Å². The molecule has 27 heavy (non-hydrogen) atoms. The van der Waals surface area contributed by atoms with Gasteiger partial charge in [0.15, 0.2) is 0 Å². The van der Waals surface area contributed by atoms with E-state index in [1.165, 1.54) is 0 Å². The molecule has 2 heterocycles. The number of hydrogen-bond donors (Lipinski definition) is 0. The third-order valence-corrected chi connectivity index (χ3v) is 5.07. The van der Waals surface area contributed by atoms with Gasteiger partial charge in [-0.25, -0.2) is 9.67 Å². The minimum absolute atomic E-state index is 0.621. The molecule has 2 aromatic heterocycles. The standard InChI is InChI=1S/C22H16N4S/c23-14-17-11-12-24-21(13-17)27-16-19-15-26(20-9-5-2-6-10-20)25-22(19)18-7-3-1-4-8-18/h1-13,15H,16H2. The Labute approximate surface area is 162 Å². The monoisotopic (exact) mass is 368 g/mol. The summed E-state index contributed by atoms with van der Waals surface area (Å²) in [7, 11) is 0. The van der Waals surface area contributed by atoms with E-state index in [0.717, 1.165) is 33.3 Å². The molecule has 4 rings (SSSR count). The van der Waals surface area contributed by atoms with E-state index in [2.05, 4.69) is 29.4 Å². The van der Waals surface area contributed by atoms with Crippen molar-refractivity contribution in [1.82, 2.24) is 14.8 Å². The van der Waals surface area contributed by atoms with Crippen LogP contribution in [0.2, 0.25) is 0 Å². The molecule has 0 N–H and O–H groups in total. The van der Waals surface area contributed by atoms with Gasteiger partial charge in [-0.3, -0.25) is 0 Å². The molecular formula is C22H16N4S. The Morgan fingerprint density at radius 3 is 2.44 bits per heavy atom. The summed E-state index contributed by atoms with van der Waals surface area (Å²) in [5.41, 5.74) is 4.82. The van der Waals surface area contributed by atoms with Crippen LogP contribution in [0.1, 0.15) is 11.1 Å². The van der Waals surface area contributed by atoms with Crippen LogP contribution in [0.4, 0.5) is 0 Å². The van der Waals surface area contributed by atoms with Crippen LogP contribution in [0.25, 0.3) is 16.9 Å². The van der Waals surface area contributed by atoms with Gasteiger partial charge in [-0.2, -0.15) is 10.4 Å². The number of thioether (sulfide) groups is 1. The predicted octanol–water partition coefficient (Wildman–Crippen LogP) is 5.10. The molecule has 4 nitrogen and oxygen atoms in total. The molecule has 0 amide bonds. The first-order valence-corrected chi connectivity index (χ1v) is 9.50. The molecule has 130 valence electrons. The average Bonchev–Trinajstić information content (AvgIpc) is 3.18. The van der Waals surface area contributed by atoms with Crippen LogP contribution < -0.4 is 0 Å². The number of benzene rings is 2. The van der Waals surface area contributed by atoms with Gasteiger partial charge in [0.1, 0.15) is 0 Å². The molecule has 5 heteroatoms. The highest BCUT2D eigenvalue weighted by molar-refractivity contribution is 7.98. The Kier molecular flexibility index (Phi) is 4.99. The number of pyridine rings is 1. The van der Waals surface area contributed by atoms with E-state index in [9.17, 15) is 0 Å².